The molecule has 0 saturated heterocycles. The average Bonchev–Trinajstić information content (AvgIpc) is 2.10. The van der Waals surface area contributed by atoms with Gasteiger partial charge in [-0.15, -0.1) is 0 Å². The van der Waals surface area contributed by atoms with Crippen molar-refractivity contribution in [3.05, 3.63) is 22.2 Å². The van der Waals surface area contributed by atoms with Gasteiger partial charge in [0.2, 0.25) is 5.91 Å². The molecule has 15 heavy (non-hydrogen) atoms. The first-order chi connectivity index (χ1) is 6.91. The highest BCUT2D eigenvalue weighted by atomic mass is 79.9. The summed E-state index contributed by atoms with van der Waals surface area (Å²) in [7, 11) is 0. The molecular formula is C11H15BrN2O. The zero-order valence-corrected chi connectivity index (χ0v) is 10.7. The third kappa shape index (κ3) is 2.96. The Kier molecular flexibility index (Phi) is 3.74. The second-order valence-corrected chi connectivity index (χ2v) is 4.71. The molecule has 1 rings (SSSR count). The van der Waals surface area contributed by atoms with Crippen LogP contribution in [0.5, 0.6) is 0 Å². The minimum Gasteiger partial charge on any atom is -0.397 e. The van der Waals surface area contributed by atoms with Crippen LogP contribution in [0.25, 0.3) is 0 Å². The molecule has 3 nitrogen and oxygen atoms in total. The van der Waals surface area contributed by atoms with E-state index in [0.29, 0.717) is 11.4 Å². The number of halogens is 1. The van der Waals surface area contributed by atoms with Crippen LogP contribution in [-0.4, -0.2) is 5.91 Å². The summed E-state index contributed by atoms with van der Waals surface area (Å²) in [6, 6.07) is 3.76. The summed E-state index contributed by atoms with van der Waals surface area (Å²) < 4.78 is 0.814. The van der Waals surface area contributed by atoms with Gasteiger partial charge in [-0.3, -0.25) is 4.79 Å². The highest BCUT2D eigenvalue weighted by Gasteiger charge is 2.12. The molecule has 0 saturated carbocycles. The number of nitrogen functional groups attached to an aromatic ring is 1. The molecule has 0 fully saturated rings. The van der Waals surface area contributed by atoms with Crippen molar-refractivity contribution in [2.75, 3.05) is 11.1 Å². The number of carbonyl (C=O) groups excluding carboxylic acids is 1. The van der Waals surface area contributed by atoms with Gasteiger partial charge in [0.05, 0.1) is 11.4 Å². The smallest absolute Gasteiger partial charge is 0.227 e. The first-order valence-corrected chi connectivity index (χ1v) is 5.57. The monoisotopic (exact) mass is 270 g/mol. The number of aryl methyl sites for hydroxylation is 1. The highest BCUT2D eigenvalue weighted by molar-refractivity contribution is 9.10. The number of nitrogens with two attached hydrogens (primary N) is 1. The van der Waals surface area contributed by atoms with Crippen molar-refractivity contribution >= 4 is 33.2 Å². The number of anilines is 2. The molecule has 0 radical (unpaired) electrons. The van der Waals surface area contributed by atoms with Crippen molar-refractivity contribution in [2.45, 2.75) is 20.8 Å². The van der Waals surface area contributed by atoms with Gasteiger partial charge in [-0.2, -0.15) is 0 Å². The van der Waals surface area contributed by atoms with Gasteiger partial charge in [0.25, 0.3) is 0 Å². The summed E-state index contributed by atoms with van der Waals surface area (Å²) in [5.74, 6) is -0.0937. The van der Waals surface area contributed by atoms with E-state index in [1.54, 1.807) is 0 Å². The van der Waals surface area contributed by atoms with Gasteiger partial charge in [-0.1, -0.05) is 13.8 Å². The Hall–Kier alpha value is -1.03. The predicted molar refractivity (Wildman–Crippen MR) is 66.8 cm³/mol. The van der Waals surface area contributed by atoms with Crippen LogP contribution in [0.2, 0.25) is 0 Å². The number of benzene rings is 1. The molecule has 1 amide bonds. The summed E-state index contributed by atoms with van der Waals surface area (Å²) in [5, 5.41) is 2.79. The fourth-order valence-corrected chi connectivity index (χ4v) is 1.86. The quantitative estimate of drug-likeness (QED) is 0.812. The van der Waals surface area contributed by atoms with Crippen LogP contribution in [0.15, 0.2) is 16.6 Å². The summed E-state index contributed by atoms with van der Waals surface area (Å²) in [6.07, 6.45) is 0. The topological polar surface area (TPSA) is 55.1 Å². The minimum absolute atomic E-state index is 0.0359. The fourth-order valence-electron chi connectivity index (χ4n) is 1.17. The molecule has 0 aliphatic heterocycles. The van der Waals surface area contributed by atoms with Crippen LogP contribution >= 0.6 is 15.9 Å². The molecule has 82 valence electrons. The standard InChI is InChI=1S/C11H15BrN2O/c1-6(2)11(15)14-10-8(12)4-7(3)5-9(10)13/h4-6H,13H2,1-3H3,(H,14,15). The number of amides is 1. The summed E-state index contributed by atoms with van der Waals surface area (Å²) in [4.78, 5) is 11.5. The van der Waals surface area contributed by atoms with Crippen LogP contribution in [0.1, 0.15) is 19.4 Å². The van der Waals surface area contributed by atoms with Crippen LogP contribution < -0.4 is 11.1 Å². The Balaban J connectivity index is 3.00. The van der Waals surface area contributed by atoms with Crippen molar-refractivity contribution in [1.82, 2.24) is 0 Å². The van der Waals surface area contributed by atoms with Crippen LogP contribution in [-0.2, 0) is 4.79 Å². The average molecular weight is 271 g/mol. The van der Waals surface area contributed by atoms with Crippen LogP contribution in [0.3, 0.4) is 0 Å². The second kappa shape index (κ2) is 4.66. The van der Waals surface area contributed by atoms with E-state index < -0.39 is 0 Å². The third-order valence-electron chi connectivity index (χ3n) is 2.04. The van der Waals surface area contributed by atoms with E-state index in [-0.39, 0.29) is 11.8 Å². The lowest BCUT2D eigenvalue weighted by atomic mass is 10.1. The molecular weight excluding hydrogens is 256 g/mol. The molecule has 3 N–H and O–H groups in total. The van der Waals surface area contributed by atoms with Crippen molar-refractivity contribution in [2.24, 2.45) is 5.92 Å². The van der Waals surface area contributed by atoms with Crippen LogP contribution in [0, 0.1) is 12.8 Å². The summed E-state index contributed by atoms with van der Waals surface area (Å²) in [5.41, 5.74) is 8.11. The Bertz CT molecular complexity index is 365. The minimum atomic E-state index is -0.0578. The second-order valence-electron chi connectivity index (χ2n) is 3.85. The van der Waals surface area contributed by atoms with E-state index in [4.69, 9.17) is 5.73 Å². The lowest BCUT2D eigenvalue weighted by Gasteiger charge is -2.12. The summed E-state index contributed by atoms with van der Waals surface area (Å²) in [6.45, 7) is 5.64. The molecule has 0 aliphatic carbocycles. The normalized spacial score (nSPS) is 10.5. The first-order valence-electron chi connectivity index (χ1n) is 4.78. The molecule has 1 aromatic carbocycles. The van der Waals surface area contributed by atoms with Crippen molar-refractivity contribution in [3.63, 3.8) is 0 Å². The Labute approximate surface area is 98.2 Å². The number of carbonyl (C=O) groups is 1. The van der Waals surface area contributed by atoms with Gasteiger partial charge < -0.3 is 11.1 Å². The molecule has 0 unspecified atom stereocenters. The lowest BCUT2D eigenvalue weighted by molar-refractivity contribution is -0.118. The van der Waals surface area contributed by atoms with Crippen molar-refractivity contribution < 1.29 is 4.79 Å². The van der Waals surface area contributed by atoms with E-state index in [2.05, 4.69) is 21.2 Å². The third-order valence-corrected chi connectivity index (χ3v) is 2.66. The van der Waals surface area contributed by atoms with E-state index in [1.165, 1.54) is 0 Å². The molecule has 0 aromatic heterocycles. The Morgan fingerprint density at radius 3 is 2.53 bits per heavy atom. The van der Waals surface area contributed by atoms with Gasteiger partial charge in [-0.25, -0.2) is 0 Å². The highest BCUT2D eigenvalue weighted by Crippen LogP contribution is 2.30. The van der Waals surface area contributed by atoms with Crippen molar-refractivity contribution in [3.8, 4) is 0 Å². The molecule has 0 bridgehead atoms. The van der Waals surface area contributed by atoms with E-state index in [0.717, 1.165) is 10.0 Å². The first kappa shape index (κ1) is 12.0. The lowest BCUT2D eigenvalue weighted by Crippen LogP contribution is -2.19. The Morgan fingerprint density at radius 2 is 2.07 bits per heavy atom. The number of hydrogen-bond donors (Lipinski definition) is 2. The summed E-state index contributed by atoms with van der Waals surface area (Å²) >= 11 is 3.38. The van der Waals surface area contributed by atoms with Crippen LogP contribution in [0.4, 0.5) is 11.4 Å². The number of rotatable bonds is 2. The van der Waals surface area contributed by atoms with Gasteiger partial charge in [0.1, 0.15) is 0 Å². The largest absolute Gasteiger partial charge is 0.397 e. The Morgan fingerprint density at radius 1 is 1.47 bits per heavy atom. The molecule has 4 heteroatoms. The molecule has 1 aromatic rings. The maximum absolute atomic E-state index is 11.5. The van der Waals surface area contributed by atoms with E-state index in [9.17, 15) is 4.79 Å². The number of nitrogens with one attached hydrogen (secondary N) is 1. The van der Waals surface area contributed by atoms with Gasteiger partial charge in [-0.05, 0) is 40.5 Å². The van der Waals surface area contributed by atoms with Gasteiger partial charge in [0, 0.05) is 10.4 Å². The van der Waals surface area contributed by atoms with E-state index >= 15 is 0 Å². The molecule has 0 atom stereocenters. The zero-order chi connectivity index (χ0) is 11.6. The van der Waals surface area contributed by atoms with Gasteiger partial charge in [0.15, 0.2) is 0 Å². The zero-order valence-electron chi connectivity index (χ0n) is 9.10. The van der Waals surface area contributed by atoms with E-state index in [1.807, 2.05) is 32.9 Å². The predicted octanol–water partition coefficient (Wildman–Crippen LogP) is 2.93. The maximum Gasteiger partial charge on any atom is 0.227 e. The molecule has 0 spiro atoms. The number of hydrogen-bond acceptors (Lipinski definition) is 2. The fraction of sp³-hybridized carbons (Fsp3) is 0.364. The SMILES string of the molecule is Cc1cc(N)c(NC(=O)C(C)C)c(Br)c1. The van der Waals surface area contributed by atoms with Gasteiger partial charge >= 0.3 is 0 Å². The maximum atomic E-state index is 11.5. The van der Waals surface area contributed by atoms with Crippen molar-refractivity contribution in [1.29, 1.82) is 0 Å². The molecule has 0 aliphatic rings. The molecule has 0 heterocycles.